The maximum Gasteiger partial charge on any atom is 0.257 e. The topological polar surface area (TPSA) is 29.1 Å². The Hall–Kier alpha value is -1.14. The number of hydrogen-bond donors (Lipinski definition) is 1. The predicted octanol–water partition coefficient (Wildman–Crippen LogP) is 4.64. The standard InChI is InChI=1S/C14H10ClFINO/c1-8-3-2-4-10(13(8)15)14(19)18-12-6-5-9(16)7-11(12)17/h2-7H,1H3,(H,18,19). The van der Waals surface area contributed by atoms with Crippen molar-refractivity contribution in [2.24, 2.45) is 0 Å². The molecule has 1 amide bonds. The number of aryl methyl sites for hydroxylation is 1. The van der Waals surface area contributed by atoms with Crippen molar-refractivity contribution in [2.75, 3.05) is 5.32 Å². The molecule has 0 aliphatic rings. The fourth-order valence-corrected chi connectivity index (χ4v) is 2.43. The molecule has 1 N–H and O–H groups in total. The van der Waals surface area contributed by atoms with E-state index >= 15 is 0 Å². The number of carbonyl (C=O) groups is 1. The summed E-state index contributed by atoms with van der Waals surface area (Å²) < 4.78 is 13.6. The summed E-state index contributed by atoms with van der Waals surface area (Å²) >= 11 is 8.06. The quantitative estimate of drug-likeness (QED) is 0.745. The molecule has 2 aromatic carbocycles. The monoisotopic (exact) mass is 389 g/mol. The van der Waals surface area contributed by atoms with Crippen LogP contribution in [0.3, 0.4) is 0 Å². The predicted molar refractivity (Wildman–Crippen MR) is 83.3 cm³/mol. The molecule has 0 saturated carbocycles. The zero-order valence-corrected chi connectivity index (χ0v) is 12.9. The third-order valence-electron chi connectivity index (χ3n) is 2.62. The van der Waals surface area contributed by atoms with E-state index in [1.165, 1.54) is 18.2 Å². The SMILES string of the molecule is Cc1cccc(C(=O)Nc2ccc(F)cc2I)c1Cl. The number of rotatable bonds is 2. The highest BCUT2D eigenvalue weighted by atomic mass is 127. The molecule has 0 aliphatic carbocycles. The summed E-state index contributed by atoms with van der Waals surface area (Å²) in [6.45, 7) is 1.83. The molecule has 98 valence electrons. The lowest BCUT2D eigenvalue weighted by Crippen LogP contribution is -2.13. The Kier molecular flexibility index (Phi) is 4.42. The minimum absolute atomic E-state index is 0.307. The Morgan fingerprint density at radius 1 is 1.32 bits per heavy atom. The third-order valence-corrected chi connectivity index (χ3v) is 4.01. The van der Waals surface area contributed by atoms with Gasteiger partial charge in [0.25, 0.3) is 5.91 Å². The van der Waals surface area contributed by atoms with Crippen LogP contribution in [0, 0.1) is 16.3 Å². The smallest absolute Gasteiger partial charge is 0.257 e. The van der Waals surface area contributed by atoms with Crippen molar-refractivity contribution in [3.8, 4) is 0 Å². The van der Waals surface area contributed by atoms with E-state index < -0.39 is 0 Å². The molecule has 0 aliphatic heterocycles. The number of amides is 1. The Bertz CT molecular complexity index is 645. The molecule has 0 spiro atoms. The van der Waals surface area contributed by atoms with E-state index in [2.05, 4.69) is 5.32 Å². The van der Waals surface area contributed by atoms with E-state index in [-0.39, 0.29) is 11.7 Å². The van der Waals surface area contributed by atoms with E-state index in [0.29, 0.717) is 19.8 Å². The van der Waals surface area contributed by atoms with Gasteiger partial charge in [-0.15, -0.1) is 0 Å². The highest BCUT2D eigenvalue weighted by Gasteiger charge is 2.13. The first-order valence-corrected chi connectivity index (χ1v) is 6.96. The van der Waals surface area contributed by atoms with Crippen LogP contribution in [0.2, 0.25) is 5.02 Å². The van der Waals surface area contributed by atoms with Crippen LogP contribution in [-0.2, 0) is 0 Å². The fraction of sp³-hybridized carbons (Fsp3) is 0.0714. The number of carbonyl (C=O) groups excluding carboxylic acids is 1. The number of nitrogens with one attached hydrogen (secondary N) is 1. The van der Waals surface area contributed by atoms with E-state index in [4.69, 9.17) is 11.6 Å². The fourth-order valence-electron chi connectivity index (χ4n) is 1.60. The summed E-state index contributed by atoms with van der Waals surface area (Å²) in [4.78, 5) is 12.1. The molecule has 2 aromatic rings. The molecule has 0 aromatic heterocycles. The van der Waals surface area contributed by atoms with Gasteiger partial charge in [0.05, 0.1) is 16.3 Å². The van der Waals surface area contributed by atoms with E-state index in [1.807, 2.05) is 35.6 Å². The summed E-state index contributed by atoms with van der Waals surface area (Å²) in [6.07, 6.45) is 0. The van der Waals surface area contributed by atoms with Gasteiger partial charge in [-0.1, -0.05) is 23.7 Å². The van der Waals surface area contributed by atoms with Crippen molar-refractivity contribution < 1.29 is 9.18 Å². The first-order valence-electron chi connectivity index (χ1n) is 5.50. The second-order valence-corrected chi connectivity index (χ2v) is 5.55. The van der Waals surface area contributed by atoms with E-state index in [0.717, 1.165) is 5.56 Å². The van der Waals surface area contributed by atoms with Crippen molar-refractivity contribution in [1.29, 1.82) is 0 Å². The summed E-state index contributed by atoms with van der Waals surface area (Å²) in [6, 6.07) is 9.44. The highest BCUT2D eigenvalue weighted by molar-refractivity contribution is 14.1. The minimum Gasteiger partial charge on any atom is -0.321 e. The molecular weight excluding hydrogens is 380 g/mol. The molecule has 0 unspecified atom stereocenters. The molecule has 0 atom stereocenters. The molecule has 19 heavy (non-hydrogen) atoms. The Balaban J connectivity index is 2.28. The van der Waals surface area contributed by atoms with Crippen LogP contribution in [0.25, 0.3) is 0 Å². The van der Waals surface area contributed by atoms with E-state index in [1.54, 1.807) is 12.1 Å². The molecule has 5 heteroatoms. The van der Waals surface area contributed by atoms with Crippen molar-refractivity contribution in [3.05, 3.63) is 61.9 Å². The Labute approximate surface area is 129 Å². The molecule has 0 radical (unpaired) electrons. The number of benzene rings is 2. The first kappa shape index (κ1) is 14.3. The summed E-state index contributed by atoms with van der Waals surface area (Å²) in [5.74, 6) is -0.644. The van der Waals surface area contributed by atoms with Crippen LogP contribution in [0.5, 0.6) is 0 Å². The van der Waals surface area contributed by atoms with Gasteiger partial charge >= 0.3 is 0 Å². The Morgan fingerprint density at radius 3 is 2.74 bits per heavy atom. The highest BCUT2D eigenvalue weighted by Crippen LogP contribution is 2.23. The van der Waals surface area contributed by atoms with E-state index in [9.17, 15) is 9.18 Å². The van der Waals surface area contributed by atoms with Gasteiger partial charge in [0.15, 0.2) is 0 Å². The zero-order valence-electron chi connectivity index (χ0n) is 10.0. The van der Waals surface area contributed by atoms with Crippen molar-refractivity contribution in [1.82, 2.24) is 0 Å². The first-order chi connectivity index (χ1) is 8.99. The normalized spacial score (nSPS) is 10.3. The summed E-state index contributed by atoms with van der Waals surface area (Å²) in [7, 11) is 0. The van der Waals surface area contributed by atoms with Crippen LogP contribution in [0.15, 0.2) is 36.4 Å². The van der Waals surface area contributed by atoms with Crippen LogP contribution in [-0.4, -0.2) is 5.91 Å². The van der Waals surface area contributed by atoms with Crippen LogP contribution >= 0.6 is 34.2 Å². The molecule has 0 heterocycles. The maximum atomic E-state index is 13.0. The number of hydrogen-bond acceptors (Lipinski definition) is 1. The van der Waals surface area contributed by atoms with Gasteiger partial charge in [0.2, 0.25) is 0 Å². The summed E-state index contributed by atoms with van der Waals surface area (Å²) in [5.41, 5.74) is 1.80. The van der Waals surface area contributed by atoms with Crippen LogP contribution in [0.4, 0.5) is 10.1 Å². The maximum absolute atomic E-state index is 13.0. The van der Waals surface area contributed by atoms with Gasteiger partial charge in [-0.3, -0.25) is 4.79 Å². The van der Waals surface area contributed by atoms with Crippen LogP contribution < -0.4 is 5.32 Å². The van der Waals surface area contributed by atoms with Crippen molar-refractivity contribution in [2.45, 2.75) is 6.92 Å². The molecular formula is C14H10ClFINO. The largest absolute Gasteiger partial charge is 0.321 e. The average molecular weight is 390 g/mol. The second-order valence-electron chi connectivity index (χ2n) is 4.01. The van der Waals surface area contributed by atoms with Gasteiger partial charge in [-0.25, -0.2) is 4.39 Å². The number of halogens is 3. The molecule has 0 bridgehead atoms. The molecule has 2 nitrogen and oxygen atoms in total. The average Bonchev–Trinajstić information content (AvgIpc) is 2.36. The lowest BCUT2D eigenvalue weighted by atomic mass is 10.1. The summed E-state index contributed by atoms with van der Waals surface area (Å²) in [5, 5.41) is 3.15. The van der Waals surface area contributed by atoms with Crippen molar-refractivity contribution >= 4 is 45.8 Å². The van der Waals surface area contributed by atoms with Gasteiger partial charge in [0, 0.05) is 3.57 Å². The number of anilines is 1. The molecule has 0 saturated heterocycles. The van der Waals surface area contributed by atoms with Gasteiger partial charge in [-0.2, -0.15) is 0 Å². The zero-order chi connectivity index (χ0) is 14.0. The Morgan fingerprint density at radius 2 is 2.05 bits per heavy atom. The molecule has 2 rings (SSSR count). The lowest BCUT2D eigenvalue weighted by Gasteiger charge is -2.09. The van der Waals surface area contributed by atoms with Crippen LogP contribution in [0.1, 0.15) is 15.9 Å². The van der Waals surface area contributed by atoms with Gasteiger partial charge in [-0.05, 0) is 59.3 Å². The van der Waals surface area contributed by atoms with Gasteiger partial charge < -0.3 is 5.32 Å². The lowest BCUT2D eigenvalue weighted by molar-refractivity contribution is 0.102. The minimum atomic E-state index is -0.337. The van der Waals surface area contributed by atoms with Gasteiger partial charge in [0.1, 0.15) is 5.82 Å². The third kappa shape index (κ3) is 3.25. The molecule has 0 fully saturated rings. The second kappa shape index (κ2) is 5.88. The van der Waals surface area contributed by atoms with Crippen molar-refractivity contribution in [3.63, 3.8) is 0 Å².